The van der Waals surface area contributed by atoms with Crippen LogP contribution in [0, 0.1) is 5.92 Å². The number of halogens is 8. The van der Waals surface area contributed by atoms with Crippen LogP contribution in [0.15, 0.2) is 15.4 Å². The molecule has 0 fully saturated rings. The minimum absolute atomic E-state index is 0.172. The third-order valence-electron chi connectivity index (χ3n) is 1.86. The summed E-state index contributed by atoms with van der Waals surface area (Å²) in [4.78, 5) is 18.2. The van der Waals surface area contributed by atoms with E-state index in [1.165, 1.54) is 5.32 Å². The van der Waals surface area contributed by atoms with E-state index in [9.17, 15) is 31.1 Å². The van der Waals surface area contributed by atoms with Crippen molar-refractivity contribution < 1.29 is 31.1 Å². The smallest absolute Gasteiger partial charge is 0.308 e. The molecule has 20 heavy (non-hydrogen) atoms. The van der Waals surface area contributed by atoms with Gasteiger partial charge in [0.15, 0.2) is 5.82 Å². The number of rotatable bonds is 2. The molecule has 0 atom stereocenters. The van der Waals surface area contributed by atoms with Gasteiger partial charge in [-0.3, -0.25) is 4.79 Å². The molecule has 0 saturated carbocycles. The van der Waals surface area contributed by atoms with Gasteiger partial charge in [-0.2, -0.15) is 26.3 Å². The fourth-order valence-electron chi connectivity index (χ4n) is 1.10. The highest BCUT2D eigenvalue weighted by molar-refractivity contribution is 9.11. The number of alkyl halides is 6. The first-order valence-electron chi connectivity index (χ1n) is 4.55. The number of nitrogens with one attached hydrogen (secondary N) is 1. The van der Waals surface area contributed by atoms with Crippen LogP contribution in [-0.4, -0.2) is 28.2 Å². The molecule has 0 bridgehead atoms. The lowest BCUT2D eigenvalue weighted by molar-refractivity contribution is -0.272. The molecule has 112 valence electrons. The predicted octanol–water partition coefficient (Wildman–Crippen LogP) is 3.68. The SMILES string of the molecule is O=C(Nc1ncc(Br)nc1Br)C(C(F)(F)F)C(F)(F)F. The second-order valence-electron chi connectivity index (χ2n) is 3.34. The first-order valence-corrected chi connectivity index (χ1v) is 6.14. The Morgan fingerprint density at radius 3 is 2.05 bits per heavy atom. The Labute approximate surface area is 124 Å². The van der Waals surface area contributed by atoms with E-state index < -0.39 is 30.0 Å². The molecule has 0 spiro atoms. The van der Waals surface area contributed by atoms with Crippen molar-refractivity contribution >= 4 is 43.6 Å². The van der Waals surface area contributed by atoms with E-state index >= 15 is 0 Å². The zero-order valence-corrected chi connectivity index (χ0v) is 12.2. The van der Waals surface area contributed by atoms with E-state index in [0.29, 0.717) is 0 Å². The van der Waals surface area contributed by atoms with Crippen molar-refractivity contribution in [3.63, 3.8) is 0 Å². The molecule has 1 aromatic heterocycles. The van der Waals surface area contributed by atoms with Gasteiger partial charge in [-0.25, -0.2) is 9.97 Å². The normalized spacial score (nSPS) is 12.7. The standard InChI is InChI=1S/C8H3Br2F6N3O/c9-2-1-17-5(4(10)18-2)19-6(20)3(7(11,12)13)8(14,15)16/h1,3H,(H,17,19,20). The van der Waals surface area contributed by atoms with Crippen molar-refractivity contribution in [2.24, 2.45) is 5.92 Å². The summed E-state index contributed by atoms with van der Waals surface area (Å²) in [5.74, 6) is -6.99. The van der Waals surface area contributed by atoms with Crippen LogP contribution < -0.4 is 5.32 Å². The van der Waals surface area contributed by atoms with E-state index in [0.717, 1.165) is 6.20 Å². The van der Waals surface area contributed by atoms with E-state index in [1.807, 2.05) is 0 Å². The highest BCUT2D eigenvalue weighted by atomic mass is 79.9. The van der Waals surface area contributed by atoms with Gasteiger partial charge in [0.2, 0.25) is 11.8 Å². The molecule has 1 N–H and O–H groups in total. The topological polar surface area (TPSA) is 54.9 Å². The average Bonchev–Trinajstić information content (AvgIpc) is 2.17. The van der Waals surface area contributed by atoms with E-state index in [4.69, 9.17) is 0 Å². The van der Waals surface area contributed by atoms with Crippen LogP contribution in [0.3, 0.4) is 0 Å². The second-order valence-corrected chi connectivity index (χ2v) is 4.90. The second kappa shape index (κ2) is 5.84. The molecule has 12 heteroatoms. The Kier molecular flexibility index (Phi) is 5.00. The number of hydrogen-bond donors (Lipinski definition) is 1. The van der Waals surface area contributed by atoms with Crippen LogP contribution in [0.2, 0.25) is 0 Å². The molecule has 4 nitrogen and oxygen atoms in total. The van der Waals surface area contributed by atoms with Crippen LogP contribution in [0.5, 0.6) is 0 Å². The molecular formula is C8H3Br2F6N3O. The third-order valence-corrected chi connectivity index (χ3v) is 2.79. The Morgan fingerprint density at radius 2 is 1.65 bits per heavy atom. The summed E-state index contributed by atoms with van der Waals surface area (Å²) >= 11 is 5.62. The summed E-state index contributed by atoms with van der Waals surface area (Å²) in [6.07, 6.45) is -10.5. The number of carbonyl (C=O) groups excluding carboxylic acids is 1. The molecule has 0 aliphatic rings. The first kappa shape index (κ1) is 17.1. The van der Waals surface area contributed by atoms with Gasteiger partial charge in [-0.15, -0.1) is 0 Å². The number of carbonyl (C=O) groups is 1. The lowest BCUT2D eigenvalue weighted by Gasteiger charge is -2.21. The van der Waals surface area contributed by atoms with Crippen LogP contribution in [0.1, 0.15) is 0 Å². The Balaban J connectivity index is 3.04. The average molecular weight is 431 g/mol. The minimum Gasteiger partial charge on any atom is -0.308 e. The third kappa shape index (κ3) is 4.30. The molecule has 1 aromatic rings. The fraction of sp³-hybridized carbons (Fsp3) is 0.375. The lowest BCUT2D eigenvalue weighted by atomic mass is 10.1. The first-order chi connectivity index (χ1) is 8.93. The molecule has 0 saturated heterocycles. The van der Waals surface area contributed by atoms with Crippen LogP contribution in [0.25, 0.3) is 0 Å². The number of anilines is 1. The summed E-state index contributed by atoms with van der Waals surface area (Å²) in [5.41, 5.74) is 0. The molecule has 0 unspecified atom stereocenters. The van der Waals surface area contributed by atoms with Gasteiger partial charge in [-0.1, -0.05) is 0 Å². The molecule has 0 aromatic carbocycles. The number of hydrogen-bond acceptors (Lipinski definition) is 3. The minimum atomic E-state index is -5.77. The summed E-state index contributed by atoms with van der Waals surface area (Å²) in [6.45, 7) is 0. The molecule has 1 rings (SSSR count). The lowest BCUT2D eigenvalue weighted by Crippen LogP contribution is -2.45. The molecule has 0 aliphatic carbocycles. The van der Waals surface area contributed by atoms with Crippen LogP contribution in [-0.2, 0) is 4.79 Å². The van der Waals surface area contributed by atoms with Gasteiger partial charge in [0, 0.05) is 0 Å². The summed E-state index contributed by atoms with van der Waals surface area (Å²) in [6, 6.07) is 0. The van der Waals surface area contributed by atoms with Crippen molar-refractivity contribution in [3.05, 3.63) is 15.4 Å². The van der Waals surface area contributed by atoms with Gasteiger partial charge in [0.25, 0.3) is 0 Å². The van der Waals surface area contributed by atoms with Crippen molar-refractivity contribution in [1.82, 2.24) is 9.97 Å². The highest BCUT2D eigenvalue weighted by Crippen LogP contribution is 2.40. The summed E-state index contributed by atoms with van der Waals surface area (Å²) < 4.78 is 73.7. The van der Waals surface area contributed by atoms with Gasteiger partial charge in [-0.05, 0) is 31.9 Å². The molecule has 1 amide bonds. The van der Waals surface area contributed by atoms with Gasteiger partial charge in [0.1, 0.15) is 9.21 Å². The van der Waals surface area contributed by atoms with Gasteiger partial charge in [0.05, 0.1) is 6.20 Å². The quantitative estimate of drug-likeness (QED) is 0.728. The Morgan fingerprint density at radius 1 is 1.15 bits per heavy atom. The van der Waals surface area contributed by atoms with Gasteiger partial charge < -0.3 is 5.32 Å². The maximum absolute atomic E-state index is 12.3. The van der Waals surface area contributed by atoms with Crippen LogP contribution >= 0.6 is 31.9 Å². The van der Waals surface area contributed by atoms with Crippen molar-refractivity contribution in [2.75, 3.05) is 5.32 Å². The van der Waals surface area contributed by atoms with Gasteiger partial charge >= 0.3 is 12.4 Å². The monoisotopic (exact) mass is 429 g/mol. The highest BCUT2D eigenvalue weighted by Gasteiger charge is 2.61. The zero-order valence-electron chi connectivity index (χ0n) is 8.98. The molecule has 0 aliphatic heterocycles. The summed E-state index contributed by atoms with van der Waals surface area (Å²) in [5, 5.41) is 1.43. The summed E-state index contributed by atoms with van der Waals surface area (Å²) in [7, 11) is 0. The number of amides is 1. The van der Waals surface area contributed by atoms with Crippen LogP contribution in [0.4, 0.5) is 32.2 Å². The number of nitrogens with zero attached hydrogens (tertiary/aromatic N) is 2. The van der Waals surface area contributed by atoms with Crippen molar-refractivity contribution in [3.8, 4) is 0 Å². The molecular weight excluding hydrogens is 428 g/mol. The van der Waals surface area contributed by atoms with E-state index in [2.05, 4.69) is 41.8 Å². The van der Waals surface area contributed by atoms with E-state index in [-0.39, 0.29) is 9.21 Å². The largest absolute Gasteiger partial charge is 0.409 e. The molecule has 1 heterocycles. The maximum Gasteiger partial charge on any atom is 0.409 e. The fourth-order valence-corrected chi connectivity index (χ4v) is 2.01. The van der Waals surface area contributed by atoms with Crippen molar-refractivity contribution in [1.29, 1.82) is 0 Å². The van der Waals surface area contributed by atoms with E-state index in [1.54, 1.807) is 0 Å². The maximum atomic E-state index is 12.3. The Bertz CT molecular complexity index is 504. The molecule has 0 radical (unpaired) electrons. The Hall–Kier alpha value is -0.910. The zero-order chi connectivity index (χ0) is 15.7. The van der Waals surface area contributed by atoms with Crippen molar-refractivity contribution in [2.45, 2.75) is 12.4 Å². The number of aromatic nitrogens is 2. The predicted molar refractivity (Wildman–Crippen MR) is 61.7 cm³/mol.